The maximum absolute atomic E-state index is 13.7. The number of carbonyl (C=O) groups excluding carboxylic acids is 1. The largest absolute Gasteiger partial charge is 0.377 e. The van der Waals surface area contributed by atoms with E-state index in [-0.39, 0.29) is 17.5 Å². The van der Waals surface area contributed by atoms with Gasteiger partial charge in [-0.1, -0.05) is 0 Å². The molecule has 1 saturated heterocycles. The Bertz CT molecular complexity index is 505. The van der Waals surface area contributed by atoms with Crippen molar-refractivity contribution in [3.05, 3.63) is 35.4 Å². The van der Waals surface area contributed by atoms with Crippen molar-refractivity contribution in [1.82, 2.24) is 4.90 Å². The van der Waals surface area contributed by atoms with Crippen molar-refractivity contribution >= 4 is 5.78 Å². The minimum absolute atomic E-state index is 0.0533. The van der Waals surface area contributed by atoms with Gasteiger partial charge in [0, 0.05) is 19.2 Å². The predicted octanol–water partition coefficient (Wildman–Crippen LogP) is 3.04. The summed E-state index contributed by atoms with van der Waals surface area (Å²) in [7, 11) is 0. The van der Waals surface area contributed by atoms with Crippen molar-refractivity contribution in [3.63, 3.8) is 0 Å². The molecule has 0 saturated carbocycles. The number of nitrogens with zero attached hydrogens (tertiary/aromatic N) is 1. The van der Waals surface area contributed by atoms with Crippen molar-refractivity contribution in [2.75, 3.05) is 19.7 Å². The molecule has 0 spiro atoms. The zero-order chi connectivity index (χ0) is 15.4. The van der Waals surface area contributed by atoms with Crippen molar-refractivity contribution in [2.45, 2.75) is 38.8 Å². The third kappa shape index (κ3) is 3.86. The zero-order valence-corrected chi connectivity index (χ0v) is 12.4. The fourth-order valence-electron chi connectivity index (χ4n) is 2.77. The number of rotatable bonds is 5. The molecule has 3 nitrogen and oxygen atoms in total. The normalized spacial score (nSPS) is 21.2. The van der Waals surface area contributed by atoms with E-state index in [1.165, 1.54) is 6.07 Å². The average molecular weight is 297 g/mol. The first kappa shape index (κ1) is 16.0. The second kappa shape index (κ2) is 7.09. The Morgan fingerprint density at radius 1 is 1.48 bits per heavy atom. The summed E-state index contributed by atoms with van der Waals surface area (Å²) in [5.74, 6) is -1.79. The summed E-state index contributed by atoms with van der Waals surface area (Å²) >= 11 is 0. The Hall–Kier alpha value is -1.33. The average Bonchev–Trinajstić information content (AvgIpc) is 2.46. The van der Waals surface area contributed by atoms with Crippen LogP contribution in [0.2, 0.25) is 0 Å². The first-order valence-corrected chi connectivity index (χ1v) is 7.37. The van der Waals surface area contributed by atoms with Gasteiger partial charge < -0.3 is 4.74 Å². The highest BCUT2D eigenvalue weighted by atomic mass is 19.1. The van der Waals surface area contributed by atoms with Gasteiger partial charge in [0.15, 0.2) is 5.78 Å². The number of hydrogen-bond donors (Lipinski definition) is 0. The summed E-state index contributed by atoms with van der Waals surface area (Å²) in [5.41, 5.74) is -0.0533. The van der Waals surface area contributed by atoms with Crippen LogP contribution >= 0.6 is 0 Å². The molecular formula is C16H21F2NO2. The van der Waals surface area contributed by atoms with Gasteiger partial charge in [-0.3, -0.25) is 9.69 Å². The number of carbonyl (C=O) groups is 1. The number of ether oxygens (including phenoxy) is 1. The molecule has 2 rings (SSSR count). The third-order valence-corrected chi connectivity index (χ3v) is 3.94. The zero-order valence-electron chi connectivity index (χ0n) is 12.4. The third-order valence-electron chi connectivity index (χ3n) is 3.94. The Kier molecular flexibility index (Phi) is 5.42. The van der Waals surface area contributed by atoms with Crippen LogP contribution in [0.5, 0.6) is 0 Å². The van der Waals surface area contributed by atoms with Crippen LogP contribution in [0.15, 0.2) is 18.2 Å². The molecule has 1 aromatic rings. The van der Waals surface area contributed by atoms with E-state index in [0.717, 1.165) is 31.5 Å². The molecule has 2 atom stereocenters. The van der Waals surface area contributed by atoms with Gasteiger partial charge in [0.25, 0.3) is 0 Å². The molecule has 5 heteroatoms. The fraction of sp³-hybridized carbons (Fsp3) is 0.562. The SMILES string of the molecule is CCOC1CCCN(C(C)C(=O)c2ccc(F)cc2F)C1. The molecule has 0 radical (unpaired) electrons. The maximum Gasteiger partial charge on any atom is 0.182 e. The maximum atomic E-state index is 13.7. The van der Waals surface area contributed by atoms with E-state index in [1.54, 1.807) is 6.92 Å². The number of halogens is 2. The lowest BCUT2D eigenvalue weighted by molar-refractivity contribution is -0.00295. The highest BCUT2D eigenvalue weighted by Crippen LogP contribution is 2.19. The molecule has 116 valence electrons. The number of likely N-dealkylation sites (tertiary alicyclic amines) is 1. The number of Topliss-reactive ketones (excluding diaryl/α,β-unsaturated/α-hetero) is 1. The molecule has 0 aliphatic carbocycles. The van der Waals surface area contributed by atoms with E-state index in [1.807, 2.05) is 11.8 Å². The van der Waals surface area contributed by atoms with Gasteiger partial charge in [0.1, 0.15) is 11.6 Å². The first-order valence-electron chi connectivity index (χ1n) is 7.37. The molecule has 0 N–H and O–H groups in total. The van der Waals surface area contributed by atoms with Crippen molar-refractivity contribution in [2.24, 2.45) is 0 Å². The fourth-order valence-corrected chi connectivity index (χ4v) is 2.77. The van der Waals surface area contributed by atoms with Gasteiger partial charge >= 0.3 is 0 Å². The Morgan fingerprint density at radius 2 is 2.24 bits per heavy atom. The summed E-state index contributed by atoms with van der Waals surface area (Å²) in [6.45, 7) is 5.82. The quantitative estimate of drug-likeness (QED) is 0.782. The van der Waals surface area contributed by atoms with Crippen LogP contribution in [0.3, 0.4) is 0 Å². The second-order valence-electron chi connectivity index (χ2n) is 5.38. The van der Waals surface area contributed by atoms with Crippen LogP contribution in [0, 0.1) is 11.6 Å². The predicted molar refractivity (Wildman–Crippen MR) is 76.4 cm³/mol. The van der Waals surface area contributed by atoms with Gasteiger partial charge in [-0.15, -0.1) is 0 Å². The minimum Gasteiger partial charge on any atom is -0.377 e. The van der Waals surface area contributed by atoms with E-state index in [9.17, 15) is 13.6 Å². The summed E-state index contributed by atoms with van der Waals surface area (Å²) in [6, 6.07) is 2.64. The molecule has 21 heavy (non-hydrogen) atoms. The van der Waals surface area contributed by atoms with Crippen LogP contribution in [0.1, 0.15) is 37.0 Å². The number of ketones is 1. The Balaban J connectivity index is 2.07. The summed E-state index contributed by atoms with van der Waals surface area (Å²) in [5, 5.41) is 0. The molecule has 1 aliphatic heterocycles. The van der Waals surface area contributed by atoms with E-state index < -0.39 is 17.7 Å². The molecule has 1 aromatic carbocycles. The number of hydrogen-bond acceptors (Lipinski definition) is 3. The lowest BCUT2D eigenvalue weighted by Crippen LogP contribution is -2.47. The van der Waals surface area contributed by atoms with Crippen LogP contribution < -0.4 is 0 Å². The van der Waals surface area contributed by atoms with Crippen molar-refractivity contribution in [3.8, 4) is 0 Å². The summed E-state index contributed by atoms with van der Waals surface area (Å²) in [6.07, 6.45) is 2.06. The van der Waals surface area contributed by atoms with Crippen LogP contribution in [0.25, 0.3) is 0 Å². The van der Waals surface area contributed by atoms with Gasteiger partial charge in [-0.2, -0.15) is 0 Å². The monoisotopic (exact) mass is 297 g/mol. The van der Waals surface area contributed by atoms with E-state index in [0.29, 0.717) is 13.2 Å². The molecular weight excluding hydrogens is 276 g/mol. The molecule has 0 bridgehead atoms. The van der Waals surface area contributed by atoms with Crippen molar-refractivity contribution in [1.29, 1.82) is 0 Å². The van der Waals surface area contributed by atoms with Gasteiger partial charge in [-0.05, 0) is 45.4 Å². The molecule has 0 amide bonds. The van der Waals surface area contributed by atoms with Crippen LogP contribution in [-0.2, 0) is 4.74 Å². The van der Waals surface area contributed by atoms with Gasteiger partial charge in [0.05, 0.1) is 17.7 Å². The van der Waals surface area contributed by atoms with E-state index in [2.05, 4.69) is 0 Å². The number of piperidine rings is 1. The highest BCUT2D eigenvalue weighted by Gasteiger charge is 2.29. The Labute approximate surface area is 123 Å². The smallest absolute Gasteiger partial charge is 0.182 e. The topological polar surface area (TPSA) is 29.5 Å². The standard InChI is InChI=1S/C16H21F2NO2/c1-3-21-13-5-4-8-19(10-13)11(2)16(20)14-7-6-12(17)9-15(14)18/h6-7,9,11,13H,3-5,8,10H2,1-2H3. The molecule has 1 fully saturated rings. The van der Waals surface area contributed by atoms with Crippen LogP contribution in [0.4, 0.5) is 8.78 Å². The van der Waals surface area contributed by atoms with Gasteiger partial charge in [0.2, 0.25) is 0 Å². The molecule has 0 aromatic heterocycles. The lowest BCUT2D eigenvalue weighted by atomic mass is 10.00. The molecule has 2 unspecified atom stereocenters. The highest BCUT2D eigenvalue weighted by molar-refractivity contribution is 6.00. The first-order chi connectivity index (χ1) is 10.0. The minimum atomic E-state index is -0.801. The van der Waals surface area contributed by atoms with E-state index in [4.69, 9.17) is 4.74 Å². The molecule has 1 heterocycles. The lowest BCUT2D eigenvalue weighted by Gasteiger charge is -2.35. The summed E-state index contributed by atoms with van der Waals surface area (Å²) in [4.78, 5) is 14.4. The van der Waals surface area contributed by atoms with E-state index >= 15 is 0 Å². The van der Waals surface area contributed by atoms with Crippen LogP contribution in [-0.4, -0.2) is 42.5 Å². The summed E-state index contributed by atoms with van der Waals surface area (Å²) < 4.78 is 32.3. The number of benzene rings is 1. The second-order valence-corrected chi connectivity index (χ2v) is 5.38. The van der Waals surface area contributed by atoms with Gasteiger partial charge in [-0.25, -0.2) is 8.78 Å². The van der Waals surface area contributed by atoms with Crippen molar-refractivity contribution < 1.29 is 18.3 Å². The molecule has 1 aliphatic rings. The Morgan fingerprint density at radius 3 is 2.90 bits per heavy atom.